The standard InChI is InChI=1S/C16H15ClN2O3S/c1-10-3-4-11(2)15(7-10)23-9-16(20)18-13-6-5-12(17)8-14(13)19(21)22/h3-8H,9H2,1-2H3,(H,18,20). The van der Waals surface area contributed by atoms with Crippen molar-refractivity contribution in [2.45, 2.75) is 18.7 Å². The Morgan fingerprint density at radius 3 is 2.70 bits per heavy atom. The lowest BCUT2D eigenvalue weighted by Gasteiger charge is -2.08. The normalized spacial score (nSPS) is 10.4. The zero-order chi connectivity index (χ0) is 17.0. The van der Waals surface area contributed by atoms with Gasteiger partial charge in [-0.15, -0.1) is 11.8 Å². The highest BCUT2D eigenvalue weighted by atomic mass is 35.5. The highest BCUT2D eigenvalue weighted by Gasteiger charge is 2.16. The van der Waals surface area contributed by atoms with E-state index in [2.05, 4.69) is 5.32 Å². The highest BCUT2D eigenvalue weighted by Crippen LogP contribution is 2.28. The quantitative estimate of drug-likeness (QED) is 0.486. The summed E-state index contributed by atoms with van der Waals surface area (Å²) in [6.45, 7) is 3.96. The number of hydrogen-bond acceptors (Lipinski definition) is 4. The summed E-state index contributed by atoms with van der Waals surface area (Å²) >= 11 is 7.15. The number of hydrogen-bond donors (Lipinski definition) is 1. The number of benzene rings is 2. The molecule has 1 N–H and O–H groups in total. The molecule has 0 aliphatic rings. The van der Waals surface area contributed by atoms with Crippen molar-refractivity contribution in [3.8, 4) is 0 Å². The van der Waals surface area contributed by atoms with Crippen LogP contribution in [0.25, 0.3) is 0 Å². The minimum atomic E-state index is -0.570. The van der Waals surface area contributed by atoms with E-state index < -0.39 is 4.92 Å². The molecular formula is C16H15ClN2O3S. The molecule has 0 aromatic heterocycles. The Morgan fingerprint density at radius 2 is 2.00 bits per heavy atom. The fourth-order valence-corrected chi connectivity index (χ4v) is 3.04. The molecule has 7 heteroatoms. The molecular weight excluding hydrogens is 336 g/mol. The van der Waals surface area contributed by atoms with Crippen LogP contribution in [0, 0.1) is 24.0 Å². The van der Waals surface area contributed by atoms with Crippen molar-refractivity contribution in [3.63, 3.8) is 0 Å². The summed E-state index contributed by atoms with van der Waals surface area (Å²) < 4.78 is 0. The number of aryl methyl sites for hydroxylation is 2. The predicted octanol–water partition coefficient (Wildman–Crippen LogP) is 4.60. The number of nitro groups is 1. The van der Waals surface area contributed by atoms with Crippen LogP contribution in [0.1, 0.15) is 11.1 Å². The summed E-state index contributed by atoms with van der Waals surface area (Å²) in [5.74, 6) is -0.134. The van der Waals surface area contributed by atoms with Crippen molar-refractivity contribution < 1.29 is 9.72 Å². The van der Waals surface area contributed by atoms with Crippen molar-refractivity contribution in [3.05, 3.63) is 62.7 Å². The predicted molar refractivity (Wildman–Crippen MR) is 93.4 cm³/mol. The molecule has 0 saturated carbocycles. The number of nitrogens with one attached hydrogen (secondary N) is 1. The average molecular weight is 351 g/mol. The molecule has 0 spiro atoms. The largest absolute Gasteiger partial charge is 0.320 e. The third kappa shape index (κ3) is 4.71. The third-order valence-electron chi connectivity index (χ3n) is 3.13. The molecule has 5 nitrogen and oxygen atoms in total. The van der Waals surface area contributed by atoms with Crippen LogP contribution >= 0.6 is 23.4 Å². The summed E-state index contributed by atoms with van der Waals surface area (Å²) in [6, 6.07) is 10.2. The smallest absolute Gasteiger partial charge is 0.294 e. The van der Waals surface area contributed by atoms with E-state index in [1.165, 1.54) is 30.0 Å². The van der Waals surface area contributed by atoms with Crippen LogP contribution in [0.15, 0.2) is 41.3 Å². The lowest BCUT2D eigenvalue weighted by Crippen LogP contribution is -2.15. The Hall–Kier alpha value is -2.05. The first-order valence-electron chi connectivity index (χ1n) is 6.80. The number of halogens is 1. The number of rotatable bonds is 5. The van der Waals surface area contributed by atoms with Crippen molar-refractivity contribution >= 4 is 40.6 Å². The van der Waals surface area contributed by atoms with Crippen molar-refractivity contribution in [1.82, 2.24) is 0 Å². The van der Waals surface area contributed by atoms with E-state index in [1.807, 2.05) is 32.0 Å². The zero-order valence-electron chi connectivity index (χ0n) is 12.6. The molecule has 0 heterocycles. The summed E-state index contributed by atoms with van der Waals surface area (Å²) in [4.78, 5) is 23.5. The van der Waals surface area contributed by atoms with Gasteiger partial charge in [-0.3, -0.25) is 14.9 Å². The number of amides is 1. The molecule has 0 saturated heterocycles. The van der Waals surface area contributed by atoms with Crippen LogP contribution < -0.4 is 5.32 Å². The SMILES string of the molecule is Cc1ccc(C)c(SCC(=O)Nc2ccc(Cl)cc2[N+](=O)[O-])c1. The summed E-state index contributed by atoms with van der Waals surface area (Å²) in [6.07, 6.45) is 0. The fraction of sp³-hybridized carbons (Fsp3) is 0.188. The first-order valence-corrected chi connectivity index (χ1v) is 8.17. The maximum Gasteiger partial charge on any atom is 0.294 e. The van der Waals surface area contributed by atoms with Crippen LogP contribution in [-0.4, -0.2) is 16.6 Å². The molecule has 23 heavy (non-hydrogen) atoms. The maximum absolute atomic E-state index is 12.1. The number of nitrogens with zero attached hydrogens (tertiary/aromatic N) is 1. The highest BCUT2D eigenvalue weighted by molar-refractivity contribution is 8.00. The number of carbonyl (C=O) groups excluding carboxylic acids is 1. The second kappa shape index (κ2) is 7.48. The topological polar surface area (TPSA) is 72.2 Å². The molecule has 0 aliphatic heterocycles. The van der Waals surface area contributed by atoms with Gasteiger partial charge in [-0.2, -0.15) is 0 Å². The Morgan fingerprint density at radius 1 is 1.26 bits per heavy atom. The number of thioether (sulfide) groups is 1. The van der Waals surface area contributed by atoms with E-state index in [9.17, 15) is 14.9 Å². The lowest BCUT2D eigenvalue weighted by atomic mass is 10.2. The van der Waals surface area contributed by atoms with Crippen LogP contribution in [0.2, 0.25) is 5.02 Å². The van der Waals surface area contributed by atoms with Crippen LogP contribution in [0.4, 0.5) is 11.4 Å². The third-order valence-corrected chi connectivity index (χ3v) is 4.53. The van der Waals surface area contributed by atoms with E-state index >= 15 is 0 Å². The minimum Gasteiger partial charge on any atom is -0.320 e. The van der Waals surface area contributed by atoms with Gasteiger partial charge >= 0.3 is 0 Å². The molecule has 2 rings (SSSR count). The Kier molecular flexibility index (Phi) is 5.63. The van der Waals surface area contributed by atoms with Crippen molar-refractivity contribution in [1.29, 1.82) is 0 Å². The monoisotopic (exact) mass is 350 g/mol. The Balaban J connectivity index is 2.06. The summed E-state index contributed by atoms with van der Waals surface area (Å²) in [7, 11) is 0. The summed E-state index contributed by atoms with van der Waals surface area (Å²) in [5.41, 5.74) is 2.13. The second-order valence-electron chi connectivity index (χ2n) is 5.02. The van der Waals surface area contributed by atoms with Gasteiger partial charge in [-0.1, -0.05) is 29.3 Å². The van der Waals surface area contributed by atoms with Crippen LogP contribution in [-0.2, 0) is 4.79 Å². The molecule has 0 unspecified atom stereocenters. The molecule has 120 valence electrons. The van der Waals surface area contributed by atoms with Gasteiger partial charge < -0.3 is 5.32 Å². The van der Waals surface area contributed by atoms with Crippen molar-refractivity contribution in [2.75, 3.05) is 11.1 Å². The Labute approximate surface area is 143 Å². The van der Waals surface area contributed by atoms with Gasteiger partial charge in [-0.25, -0.2) is 0 Å². The van der Waals surface area contributed by atoms with Gasteiger partial charge in [0, 0.05) is 16.0 Å². The number of nitro benzene ring substituents is 1. The maximum atomic E-state index is 12.1. The first-order chi connectivity index (χ1) is 10.9. The number of carbonyl (C=O) groups is 1. The van der Waals surface area contributed by atoms with E-state index in [4.69, 9.17) is 11.6 Å². The van der Waals surface area contributed by atoms with E-state index in [-0.39, 0.29) is 28.1 Å². The first kappa shape index (κ1) is 17.3. The summed E-state index contributed by atoms with van der Waals surface area (Å²) in [5, 5.41) is 13.8. The van der Waals surface area contributed by atoms with Gasteiger partial charge in [0.15, 0.2) is 0 Å². The average Bonchev–Trinajstić information content (AvgIpc) is 2.49. The molecule has 2 aromatic rings. The van der Waals surface area contributed by atoms with Crippen LogP contribution in [0.5, 0.6) is 0 Å². The molecule has 1 amide bonds. The van der Waals surface area contributed by atoms with Gasteiger partial charge in [0.2, 0.25) is 5.91 Å². The van der Waals surface area contributed by atoms with Crippen LogP contribution in [0.3, 0.4) is 0 Å². The Bertz CT molecular complexity index is 765. The van der Waals surface area contributed by atoms with Gasteiger partial charge in [-0.05, 0) is 37.6 Å². The zero-order valence-corrected chi connectivity index (χ0v) is 14.2. The molecule has 0 fully saturated rings. The van der Waals surface area contributed by atoms with E-state index in [0.29, 0.717) is 0 Å². The van der Waals surface area contributed by atoms with Crippen molar-refractivity contribution in [2.24, 2.45) is 0 Å². The molecule has 0 atom stereocenters. The molecule has 0 radical (unpaired) electrons. The molecule has 0 bridgehead atoms. The fourth-order valence-electron chi connectivity index (χ4n) is 1.95. The van der Waals surface area contributed by atoms with Gasteiger partial charge in [0.05, 0.1) is 10.7 Å². The molecule has 2 aromatic carbocycles. The van der Waals surface area contributed by atoms with Gasteiger partial charge in [0.1, 0.15) is 5.69 Å². The minimum absolute atomic E-state index is 0.144. The lowest BCUT2D eigenvalue weighted by molar-refractivity contribution is -0.383. The molecule has 0 aliphatic carbocycles. The second-order valence-corrected chi connectivity index (χ2v) is 6.48. The van der Waals surface area contributed by atoms with E-state index in [0.717, 1.165) is 16.0 Å². The number of anilines is 1. The van der Waals surface area contributed by atoms with Gasteiger partial charge in [0.25, 0.3) is 5.69 Å². The van der Waals surface area contributed by atoms with E-state index in [1.54, 1.807) is 0 Å².